The Bertz CT molecular complexity index is 1170. The van der Waals surface area contributed by atoms with E-state index in [0.717, 1.165) is 59.4 Å². The van der Waals surface area contributed by atoms with Gasteiger partial charge in [0.15, 0.2) is 0 Å². The Hall–Kier alpha value is -2.64. The van der Waals surface area contributed by atoms with Crippen LogP contribution in [0.25, 0.3) is 0 Å². The van der Waals surface area contributed by atoms with Gasteiger partial charge in [0.25, 0.3) is 0 Å². The molecule has 2 aliphatic carbocycles. The Morgan fingerprint density at radius 2 is 1.61 bits per heavy atom. The number of nitrogens with zero attached hydrogens (tertiary/aromatic N) is 3. The van der Waals surface area contributed by atoms with Crippen molar-refractivity contribution in [2.24, 2.45) is 5.92 Å². The van der Waals surface area contributed by atoms with Gasteiger partial charge in [-0.15, -0.1) is 0 Å². The average Bonchev–Trinajstić information content (AvgIpc) is 2.94. The largest absolute Gasteiger partial charge is 0.489 e. The molecule has 1 saturated carbocycles. The lowest BCUT2D eigenvalue weighted by atomic mass is 9.86. The van der Waals surface area contributed by atoms with E-state index < -0.39 is 0 Å². The van der Waals surface area contributed by atoms with Gasteiger partial charge in [-0.1, -0.05) is 40.2 Å². The summed E-state index contributed by atoms with van der Waals surface area (Å²) in [5, 5.41) is 7.35. The minimum atomic E-state index is 0.466. The number of nitrogens with one attached hydrogen (secondary N) is 2. The van der Waals surface area contributed by atoms with E-state index in [2.05, 4.69) is 82.0 Å². The van der Waals surface area contributed by atoms with E-state index in [1.54, 1.807) is 0 Å². The van der Waals surface area contributed by atoms with Gasteiger partial charge in [-0.2, -0.15) is 4.98 Å². The van der Waals surface area contributed by atoms with Gasteiger partial charge < -0.3 is 20.3 Å². The van der Waals surface area contributed by atoms with Crippen LogP contribution in [0, 0.1) is 5.92 Å². The summed E-state index contributed by atoms with van der Waals surface area (Å²) in [7, 11) is 4.18. The van der Waals surface area contributed by atoms with E-state index in [0.29, 0.717) is 12.6 Å². The van der Waals surface area contributed by atoms with E-state index in [4.69, 9.17) is 14.7 Å². The summed E-state index contributed by atoms with van der Waals surface area (Å²) in [6.07, 6.45) is 9.48. The minimum Gasteiger partial charge on any atom is -0.489 e. The van der Waals surface area contributed by atoms with E-state index in [1.165, 1.54) is 55.3 Å². The number of rotatable bonds is 10. The number of anilines is 2. The molecular formula is C31H40BrN5O. The number of hydrogen-bond acceptors (Lipinski definition) is 6. The van der Waals surface area contributed by atoms with Crippen molar-refractivity contribution in [3.05, 3.63) is 75.4 Å². The zero-order chi connectivity index (χ0) is 26.3. The number of ether oxygens (including phenoxy) is 1. The number of hydrogen-bond donors (Lipinski definition) is 2. The molecule has 3 aromatic rings. The van der Waals surface area contributed by atoms with E-state index in [9.17, 15) is 0 Å². The smallest absolute Gasteiger partial charge is 0.225 e. The third kappa shape index (κ3) is 7.26. The number of halogens is 1. The second kappa shape index (κ2) is 12.9. The topological polar surface area (TPSA) is 62.3 Å². The first-order chi connectivity index (χ1) is 18.5. The maximum Gasteiger partial charge on any atom is 0.225 e. The normalized spacial score (nSPS) is 19.0. The molecule has 7 heteroatoms. The molecule has 2 aliphatic rings. The summed E-state index contributed by atoms with van der Waals surface area (Å²) < 4.78 is 7.02. The van der Waals surface area contributed by atoms with E-state index >= 15 is 0 Å². The molecule has 1 heterocycles. The molecule has 0 amide bonds. The SMILES string of the molecule is CN(C)c1nc(N[C@H]2CC[C@@H](CNCc3ccc(OCc4ccc(Br)cc4)cc3)CC2)nc2c1CCCC2. The van der Waals surface area contributed by atoms with Crippen molar-refractivity contribution in [2.75, 3.05) is 30.9 Å². The molecule has 6 nitrogen and oxygen atoms in total. The Labute approximate surface area is 235 Å². The lowest BCUT2D eigenvalue weighted by Crippen LogP contribution is -2.32. The standard InChI is InChI=1S/C31H40BrN5O/c1-37(2)30-28-5-3-4-6-29(28)35-31(36-30)34-26-15-9-22(10-16-26)19-33-20-23-11-17-27(18-12-23)38-21-24-7-13-25(32)14-8-24/h7-8,11-14,17-18,22,26,33H,3-6,9-10,15-16,19-21H2,1-2H3,(H,34,35,36)/t22-,26+. The van der Waals surface area contributed by atoms with Gasteiger partial charge in [-0.25, -0.2) is 4.98 Å². The van der Waals surface area contributed by atoms with Crippen LogP contribution in [0.4, 0.5) is 11.8 Å². The van der Waals surface area contributed by atoms with Gasteiger partial charge in [0.1, 0.15) is 18.2 Å². The van der Waals surface area contributed by atoms with Crippen LogP contribution in [-0.2, 0) is 26.0 Å². The number of aryl methyl sites for hydroxylation is 1. The van der Waals surface area contributed by atoms with Crippen molar-refractivity contribution in [3.8, 4) is 5.75 Å². The van der Waals surface area contributed by atoms with Crippen LogP contribution in [-0.4, -0.2) is 36.6 Å². The number of fused-ring (bicyclic) bond motifs is 1. The fraction of sp³-hybridized carbons (Fsp3) is 0.484. The van der Waals surface area contributed by atoms with Gasteiger partial charge in [0.2, 0.25) is 5.95 Å². The maximum atomic E-state index is 5.93. The lowest BCUT2D eigenvalue weighted by Gasteiger charge is -2.30. The van der Waals surface area contributed by atoms with Crippen LogP contribution in [0.1, 0.15) is 60.9 Å². The number of aromatic nitrogens is 2. The zero-order valence-electron chi connectivity index (χ0n) is 22.7. The molecule has 2 N–H and O–H groups in total. The van der Waals surface area contributed by atoms with Crippen molar-refractivity contribution in [2.45, 2.75) is 70.6 Å². The van der Waals surface area contributed by atoms with Gasteiger partial charge in [-0.05, 0) is 99.2 Å². The lowest BCUT2D eigenvalue weighted by molar-refractivity contribution is 0.306. The minimum absolute atomic E-state index is 0.466. The van der Waals surface area contributed by atoms with Crippen molar-refractivity contribution in [3.63, 3.8) is 0 Å². The van der Waals surface area contributed by atoms with E-state index in [1.807, 2.05) is 12.1 Å². The van der Waals surface area contributed by atoms with Gasteiger partial charge in [0.05, 0.1) is 5.69 Å². The predicted octanol–water partition coefficient (Wildman–Crippen LogP) is 6.52. The first kappa shape index (κ1) is 26.9. The van der Waals surface area contributed by atoms with Gasteiger partial charge in [-0.3, -0.25) is 0 Å². The van der Waals surface area contributed by atoms with Crippen LogP contribution in [0.3, 0.4) is 0 Å². The van der Waals surface area contributed by atoms with Crippen LogP contribution >= 0.6 is 15.9 Å². The molecule has 0 atom stereocenters. The highest BCUT2D eigenvalue weighted by Crippen LogP contribution is 2.30. The van der Waals surface area contributed by atoms with Crippen LogP contribution < -0.4 is 20.3 Å². The highest BCUT2D eigenvalue weighted by Gasteiger charge is 2.24. The van der Waals surface area contributed by atoms with Gasteiger partial charge in [0, 0.05) is 36.7 Å². The molecule has 1 aromatic heterocycles. The fourth-order valence-electron chi connectivity index (χ4n) is 5.57. The monoisotopic (exact) mass is 577 g/mol. The molecule has 1 fully saturated rings. The highest BCUT2D eigenvalue weighted by molar-refractivity contribution is 9.10. The first-order valence-electron chi connectivity index (χ1n) is 14.0. The molecule has 0 spiro atoms. The molecule has 5 rings (SSSR count). The van der Waals surface area contributed by atoms with Crippen molar-refractivity contribution >= 4 is 27.7 Å². The van der Waals surface area contributed by atoms with Crippen molar-refractivity contribution < 1.29 is 4.74 Å². The quantitative estimate of drug-likeness (QED) is 0.286. The Balaban J connectivity index is 1.03. The molecule has 38 heavy (non-hydrogen) atoms. The van der Waals surface area contributed by atoms with Gasteiger partial charge >= 0.3 is 0 Å². The molecular weight excluding hydrogens is 538 g/mol. The highest BCUT2D eigenvalue weighted by atomic mass is 79.9. The summed E-state index contributed by atoms with van der Waals surface area (Å²) in [5.74, 6) is 3.55. The molecule has 0 unspecified atom stereocenters. The molecule has 0 saturated heterocycles. The van der Waals surface area contributed by atoms with Crippen molar-refractivity contribution in [1.82, 2.24) is 15.3 Å². The second-order valence-electron chi connectivity index (χ2n) is 10.9. The summed E-state index contributed by atoms with van der Waals surface area (Å²) in [6.45, 7) is 2.54. The van der Waals surface area contributed by atoms with Crippen LogP contribution in [0.2, 0.25) is 0 Å². The fourth-order valence-corrected chi connectivity index (χ4v) is 5.84. The Morgan fingerprint density at radius 3 is 2.34 bits per heavy atom. The van der Waals surface area contributed by atoms with Crippen molar-refractivity contribution in [1.29, 1.82) is 0 Å². The molecule has 0 radical (unpaired) electrons. The molecule has 2 aromatic carbocycles. The third-order valence-electron chi connectivity index (χ3n) is 7.77. The first-order valence-corrected chi connectivity index (χ1v) is 14.8. The second-order valence-corrected chi connectivity index (χ2v) is 11.9. The summed E-state index contributed by atoms with van der Waals surface area (Å²) in [5.41, 5.74) is 5.05. The summed E-state index contributed by atoms with van der Waals surface area (Å²) in [6, 6.07) is 17.2. The summed E-state index contributed by atoms with van der Waals surface area (Å²) >= 11 is 3.47. The summed E-state index contributed by atoms with van der Waals surface area (Å²) in [4.78, 5) is 12.0. The van der Waals surface area contributed by atoms with Crippen LogP contribution in [0.5, 0.6) is 5.75 Å². The number of benzene rings is 2. The Kier molecular flexibility index (Phi) is 9.18. The average molecular weight is 579 g/mol. The predicted molar refractivity (Wildman–Crippen MR) is 159 cm³/mol. The maximum absolute atomic E-state index is 5.93. The zero-order valence-corrected chi connectivity index (χ0v) is 24.3. The molecule has 202 valence electrons. The Morgan fingerprint density at radius 1 is 0.895 bits per heavy atom. The third-order valence-corrected chi connectivity index (χ3v) is 8.30. The molecule has 0 aliphatic heterocycles. The molecule has 0 bridgehead atoms. The van der Waals surface area contributed by atoms with E-state index in [-0.39, 0.29) is 0 Å². The van der Waals surface area contributed by atoms with Crippen LogP contribution in [0.15, 0.2) is 53.0 Å².